The molecule has 7 heteroatoms. The van der Waals surface area contributed by atoms with Crippen molar-refractivity contribution in [3.63, 3.8) is 0 Å². The molecule has 0 aliphatic carbocycles. The number of nitrogens with zero attached hydrogens (tertiary/aromatic N) is 2. The van der Waals surface area contributed by atoms with Crippen LogP contribution in [-0.4, -0.2) is 24.7 Å². The van der Waals surface area contributed by atoms with Crippen LogP contribution in [0.15, 0.2) is 38.3 Å². The first-order chi connectivity index (χ1) is 12.0. The van der Waals surface area contributed by atoms with Crippen molar-refractivity contribution in [2.75, 3.05) is 13.6 Å². The molecule has 2 N–H and O–H groups in total. The number of nitrogens with one attached hydrogen (secondary N) is 2. The van der Waals surface area contributed by atoms with E-state index < -0.39 is 0 Å². The molecule has 136 valence electrons. The van der Waals surface area contributed by atoms with Crippen LogP contribution in [0.5, 0.6) is 0 Å². The van der Waals surface area contributed by atoms with Crippen molar-refractivity contribution in [2.24, 2.45) is 4.99 Å². The summed E-state index contributed by atoms with van der Waals surface area (Å²) >= 11 is 3.26. The average molecular weight is 411 g/mol. The maximum absolute atomic E-state index is 13.8. The Morgan fingerprint density at radius 1 is 1.32 bits per heavy atom. The highest BCUT2D eigenvalue weighted by molar-refractivity contribution is 9.10. The van der Waals surface area contributed by atoms with Gasteiger partial charge in [-0.2, -0.15) is 0 Å². The Balaban J connectivity index is 1.72. The SMILES string of the molecule is CN=C(NCCCc1ccc(Br)cc1F)NCc1cc(C(C)C)no1. The second-order valence-corrected chi connectivity index (χ2v) is 6.98. The Morgan fingerprint density at radius 3 is 2.76 bits per heavy atom. The van der Waals surface area contributed by atoms with E-state index in [4.69, 9.17) is 4.52 Å². The van der Waals surface area contributed by atoms with Crippen LogP contribution in [0.2, 0.25) is 0 Å². The molecule has 0 aliphatic heterocycles. The van der Waals surface area contributed by atoms with E-state index in [9.17, 15) is 4.39 Å². The van der Waals surface area contributed by atoms with E-state index in [0.29, 0.717) is 31.4 Å². The molecule has 1 aromatic heterocycles. The molecular weight excluding hydrogens is 387 g/mol. The minimum absolute atomic E-state index is 0.178. The Labute approximate surface area is 156 Å². The third-order valence-corrected chi connectivity index (χ3v) is 4.25. The molecule has 1 aromatic carbocycles. The van der Waals surface area contributed by atoms with Crippen LogP contribution in [0, 0.1) is 5.82 Å². The summed E-state index contributed by atoms with van der Waals surface area (Å²) in [4.78, 5) is 4.17. The van der Waals surface area contributed by atoms with Crippen LogP contribution in [0.25, 0.3) is 0 Å². The van der Waals surface area contributed by atoms with Gasteiger partial charge in [0.25, 0.3) is 0 Å². The predicted molar refractivity (Wildman–Crippen MR) is 101 cm³/mol. The summed E-state index contributed by atoms with van der Waals surface area (Å²) < 4.78 is 19.8. The first-order valence-electron chi connectivity index (χ1n) is 8.33. The second kappa shape index (κ2) is 9.56. The van der Waals surface area contributed by atoms with E-state index in [2.05, 4.69) is 50.6 Å². The number of benzene rings is 1. The molecule has 0 spiro atoms. The highest BCUT2D eigenvalue weighted by Crippen LogP contribution is 2.16. The molecule has 0 amide bonds. The molecule has 0 unspecified atom stereocenters. The lowest BCUT2D eigenvalue weighted by atomic mass is 10.1. The number of halogens is 2. The highest BCUT2D eigenvalue weighted by atomic mass is 79.9. The highest BCUT2D eigenvalue weighted by Gasteiger charge is 2.08. The molecule has 0 saturated heterocycles. The van der Waals surface area contributed by atoms with Crippen molar-refractivity contribution in [2.45, 2.75) is 39.2 Å². The van der Waals surface area contributed by atoms with E-state index in [1.54, 1.807) is 7.05 Å². The number of guanidine groups is 1. The summed E-state index contributed by atoms with van der Waals surface area (Å²) in [5, 5.41) is 10.4. The second-order valence-electron chi connectivity index (χ2n) is 6.06. The molecule has 1 heterocycles. The van der Waals surface area contributed by atoms with Crippen molar-refractivity contribution in [1.82, 2.24) is 15.8 Å². The van der Waals surface area contributed by atoms with Gasteiger partial charge in [-0.1, -0.05) is 41.0 Å². The van der Waals surface area contributed by atoms with Crippen molar-refractivity contribution < 1.29 is 8.91 Å². The molecule has 0 saturated carbocycles. The van der Waals surface area contributed by atoms with E-state index in [-0.39, 0.29) is 5.82 Å². The van der Waals surface area contributed by atoms with E-state index in [1.807, 2.05) is 18.2 Å². The summed E-state index contributed by atoms with van der Waals surface area (Å²) in [5.74, 6) is 1.61. The van der Waals surface area contributed by atoms with Crippen molar-refractivity contribution in [1.29, 1.82) is 0 Å². The quantitative estimate of drug-likeness (QED) is 0.411. The summed E-state index contributed by atoms with van der Waals surface area (Å²) in [7, 11) is 1.71. The maximum atomic E-state index is 13.8. The lowest BCUT2D eigenvalue weighted by molar-refractivity contribution is 0.372. The molecule has 5 nitrogen and oxygen atoms in total. The largest absolute Gasteiger partial charge is 0.359 e. The van der Waals surface area contributed by atoms with Gasteiger partial charge in [0, 0.05) is 24.1 Å². The fraction of sp³-hybridized carbons (Fsp3) is 0.444. The number of aromatic nitrogens is 1. The third-order valence-electron chi connectivity index (χ3n) is 3.75. The summed E-state index contributed by atoms with van der Waals surface area (Å²) in [5.41, 5.74) is 1.66. The minimum Gasteiger partial charge on any atom is -0.359 e. The summed E-state index contributed by atoms with van der Waals surface area (Å²) in [6, 6.07) is 7.10. The van der Waals surface area contributed by atoms with Crippen LogP contribution in [0.1, 0.15) is 43.2 Å². The zero-order valence-electron chi connectivity index (χ0n) is 14.8. The normalized spacial score (nSPS) is 11.8. The lowest BCUT2D eigenvalue weighted by Gasteiger charge is -2.11. The summed E-state index contributed by atoms with van der Waals surface area (Å²) in [6.45, 7) is 5.36. The molecule has 2 aromatic rings. The molecule has 0 radical (unpaired) electrons. The molecule has 0 bridgehead atoms. The fourth-order valence-electron chi connectivity index (χ4n) is 2.29. The van der Waals surface area contributed by atoms with Gasteiger partial charge >= 0.3 is 0 Å². The summed E-state index contributed by atoms with van der Waals surface area (Å²) in [6.07, 6.45) is 1.47. The fourth-order valence-corrected chi connectivity index (χ4v) is 2.62. The van der Waals surface area contributed by atoms with Crippen molar-refractivity contribution in [3.8, 4) is 0 Å². The van der Waals surface area contributed by atoms with Gasteiger partial charge in [-0.05, 0) is 36.5 Å². The minimum atomic E-state index is -0.178. The average Bonchev–Trinajstić information content (AvgIpc) is 3.05. The Hall–Kier alpha value is -1.89. The number of hydrogen-bond acceptors (Lipinski definition) is 3. The maximum Gasteiger partial charge on any atom is 0.191 e. The zero-order chi connectivity index (χ0) is 18.2. The smallest absolute Gasteiger partial charge is 0.191 e. The van der Waals surface area contributed by atoms with Gasteiger partial charge in [0.1, 0.15) is 5.82 Å². The first-order valence-corrected chi connectivity index (χ1v) is 9.13. The number of hydrogen-bond donors (Lipinski definition) is 2. The molecule has 25 heavy (non-hydrogen) atoms. The molecule has 0 aliphatic rings. The predicted octanol–water partition coefficient (Wildman–Crippen LogP) is 4.00. The van der Waals surface area contributed by atoms with Gasteiger partial charge in [-0.15, -0.1) is 0 Å². The molecule has 0 atom stereocenters. The number of aryl methyl sites for hydroxylation is 1. The standard InChI is InChI=1S/C18H24BrFN4O/c1-12(2)17-10-15(25-24-17)11-23-18(21-3)22-8-4-5-13-6-7-14(19)9-16(13)20/h6-7,9-10,12H,4-5,8,11H2,1-3H3,(H2,21,22,23). The monoisotopic (exact) mass is 410 g/mol. The van der Waals surface area contributed by atoms with Gasteiger partial charge in [0.05, 0.1) is 12.2 Å². The van der Waals surface area contributed by atoms with E-state index in [1.165, 1.54) is 6.07 Å². The number of aliphatic imine (C=N–C) groups is 1. The van der Waals surface area contributed by atoms with Gasteiger partial charge in [-0.25, -0.2) is 4.39 Å². The topological polar surface area (TPSA) is 62.5 Å². The van der Waals surface area contributed by atoms with Crippen molar-refractivity contribution in [3.05, 3.63) is 51.6 Å². The van der Waals surface area contributed by atoms with Gasteiger partial charge in [0.2, 0.25) is 0 Å². The first kappa shape index (κ1) is 19.4. The molecular formula is C18H24BrFN4O. The Kier molecular flexibility index (Phi) is 7.43. The van der Waals surface area contributed by atoms with Crippen LogP contribution in [-0.2, 0) is 13.0 Å². The zero-order valence-corrected chi connectivity index (χ0v) is 16.4. The van der Waals surface area contributed by atoms with Gasteiger partial charge < -0.3 is 15.2 Å². The Morgan fingerprint density at radius 2 is 2.12 bits per heavy atom. The lowest BCUT2D eigenvalue weighted by Crippen LogP contribution is -2.37. The molecule has 2 rings (SSSR count). The Bertz CT molecular complexity index is 715. The van der Waals surface area contributed by atoms with Crippen LogP contribution >= 0.6 is 15.9 Å². The van der Waals surface area contributed by atoms with E-state index >= 15 is 0 Å². The van der Waals surface area contributed by atoms with Gasteiger partial charge in [0.15, 0.2) is 11.7 Å². The third kappa shape index (κ3) is 6.16. The van der Waals surface area contributed by atoms with Gasteiger partial charge in [-0.3, -0.25) is 4.99 Å². The van der Waals surface area contributed by atoms with Crippen molar-refractivity contribution >= 4 is 21.9 Å². The molecule has 0 fully saturated rings. The van der Waals surface area contributed by atoms with Crippen LogP contribution in [0.4, 0.5) is 4.39 Å². The van der Waals surface area contributed by atoms with Crippen LogP contribution in [0.3, 0.4) is 0 Å². The van der Waals surface area contributed by atoms with E-state index in [0.717, 1.165) is 27.9 Å². The van der Waals surface area contributed by atoms with Crippen LogP contribution < -0.4 is 10.6 Å². The number of rotatable bonds is 7.